The van der Waals surface area contributed by atoms with Crippen molar-refractivity contribution in [1.29, 1.82) is 0 Å². The van der Waals surface area contributed by atoms with Gasteiger partial charge in [0.2, 0.25) is 0 Å². The second kappa shape index (κ2) is 8.11. The minimum Gasteiger partial charge on any atom is -0.508 e. The summed E-state index contributed by atoms with van der Waals surface area (Å²) in [5.74, 6) is 1.48. The van der Waals surface area contributed by atoms with E-state index in [1.54, 1.807) is 6.07 Å². The van der Waals surface area contributed by atoms with Crippen molar-refractivity contribution in [3.63, 3.8) is 0 Å². The molecule has 0 atom stereocenters. The van der Waals surface area contributed by atoms with Gasteiger partial charge in [0.05, 0.1) is 0 Å². The van der Waals surface area contributed by atoms with Crippen molar-refractivity contribution in [1.82, 2.24) is 4.90 Å². The van der Waals surface area contributed by atoms with Gasteiger partial charge < -0.3 is 5.11 Å². The van der Waals surface area contributed by atoms with E-state index in [9.17, 15) is 5.11 Å². The van der Waals surface area contributed by atoms with E-state index in [-0.39, 0.29) is 5.41 Å². The number of hydrogen-bond acceptors (Lipinski definition) is 2. The average molecular weight is 318 g/mol. The summed E-state index contributed by atoms with van der Waals surface area (Å²) in [6.45, 7) is 8.85. The number of phenols is 1. The number of hydrogen-bond donors (Lipinski definition) is 1. The molecule has 0 heterocycles. The second-order valence-corrected chi connectivity index (χ2v) is 6.49. The van der Waals surface area contributed by atoms with E-state index in [0.717, 1.165) is 25.1 Å². The summed E-state index contributed by atoms with van der Waals surface area (Å²) in [7, 11) is 0. The Hall–Kier alpha value is -0.440. The number of alkyl halides is 2. The molecule has 20 heavy (non-hydrogen) atoms. The van der Waals surface area contributed by atoms with Crippen LogP contribution in [0.1, 0.15) is 38.3 Å². The molecule has 1 aromatic rings. The van der Waals surface area contributed by atoms with Crippen molar-refractivity contribution in [2.24, 2.45) is 0 Å². The van der Waals surface area contributed by atoms with Gasteiger partial charge in [0, 0.05) is 37.0 Å². The Kier molecular flexibility index (Phi) is 7.14. The maximum atomic E-state index is 10.1. The number of phenolic OH excluding ortho intramolecular Hbond substituents is 1. The third-order valence-electron chi connectivity index (χ3n) is 3.94. The maximum absolute atomic E-state index is 10.1. The summed E-state index contributed by atoms with van der Waals surface area (Å²) >= 11 is 11.6. The lowest BCUT2D eigenvalue weighted by atomic mass is 9.81. The lowest BCUT2D eigenvalue weighted by Crippen LogP contribution is -2.27. The normalized spacial score (nSPS) is 12.1. The Labute approximate surface area is 132 Å². The third-order valence-corrected chi connectivity index (χ3v) is 4.28. The number of aromatic hydroxyl groups is 1. The zero-order chi connectivity index (χ0) is 15.2. The maximum Gasteiger partial charge on any atom is 0.120 e. The highest BCUT2D eigenvalue weighted by Gasteiger charge is 2.19. The van der Waals surface area contributed by atoms with Crippen LogP contribution in [0.2, 0.25) is 0 Å². The molecule has 0 fully saturated rings. The fourth-order valence-electron chi connectivity index (χ4n) is 2.09. The molecule has 0 bridgehead atoms. The molecular weight excluding hydrogens is 293 g/mol. The molecule has 0 saturated heterocycles. The summed E-state index contributed by atoms with van der Waals surface area (Å²) in [6.07, 6.45) is 1.06. The summed E-state index contributed by atoms with van der Waals surface area (Å²) in [5, 5.41) is 10.1. The molecule has 0 aliphatic heterocycles. The average Bonchev–Trinajstić information content (AvgIpc) is 2.41. The third kappa shape index (κ3) is 4.83. The molecule has 1 aromatic carbocycles. The molecule has 1 N–H and O–H groups in total. The van der Waals surface area contributed by atoms with E-state index in [4.69, 9.17) is 23.2 Å². The predicted molar refractivity (Wildman–Crippen MR) is 88.1 cm³/mol. The van der Waals surface area contributed by atoms with Crippen molar-refractivity contribution in [2.75, 3.05) is 24.8 Å². The van der Waals surface area contributed by atoms with E-state index in [1.165, 1.54) is 5.56 Å². The molecular formula is C16H25Cl2NO. The molecule has 0 aliphatic carbocycles. The van der Waals surface area contributed by atoms with Crippen LogP contribution in [0.5, 0.6) is 5.75 Å². The monoisotopic (exact) mass is 317 g/mol. The molecule has 4 heteroatoms. The molecule has 1 rings (SSSR count). The molecule has 0 aliphatic rings. The van der Waals surface area contributed by atoms with E-state index < -0.39 is 0 Å². The topological polar surface area (TPSA) is 23.5 Å². The Bertz CT molecular complexity index is 415. The molecule has 0 unspecified atom stereocenters. The van der Waals surface area contributed by atoms with Crippen molar-refractivity contribution in [2.45, 2.75) is 39.2 Å². The van der Waals surface area contributed by atoms with Gasteiger partial charge in [0.1, 0.15) is 5.75 Å². The highest BCUT2D eigenvalue weighted by Crippen LogP contribution is 2.30. The molecule has 0 amide bonds. The van der Waals surface area contributed by atoms with Crippen LogP contribution in [0.25, 0.3) is 0 Å². The number of benzene rings is 1. The van der Waals surface area contributed by atoms with Gasteiger partial charge in [-0.25, -0.2) is 0 Å². The molecule has 0 aromatic heterocycles. The Balaban J connectivity index is 2.96. The Morgan fingerprint density at radius 2 is 1.75 bits per heavy atom. The van der Waals surface area contributed by atoms with E-state index >= 15 is 0 Å². The van der Waals surface area contributed by atoms with Crippen molar-refractivity contribution >= 4 is 23.2 Å². The first kappa shape index (κ1) is 17.6. The molecule has 114 valence electrons. The standard InChI is InChI=1S/C16H25Cl2NO/c1-4-16(2,3)14-5-6-15(20)13(11-14)12-19(9-7-17)10-8-18/h5-6,11,20H,4,7-10,12H2,1-3H3. The number of nitrogens with zero attached hydrogens (tertiary/aromatic N) is 1. The fraction of sp³-hybridized carbons (Fsp3) is 0.625. The van der Waals surface area contributed by atoms with E-state index in [2.05, 4.69) is 31.7 Å². The first-order valence-electron chi connectivity index (χ1n) is 7.11. The summed E-state index contributed by atoms with van der Waals surface area (Å²) in [5.41, 5.74) is 2.32. The van der Waals surface area contributed by atoms with Gasteiger partial charge in [-0.2, -0.15) is 0 Å². The molecule has 0 saturated carbocycles. The van der Waals surface area contributed by atoms with Gasteiger partial charge in [0.25, 0.3) is 0 Å². The smallest absolute Gasteiger partial charge is 0.120 e. The Morgan fingerprint density at radius 1 is 1.15 bits per heavy atom. The van der Waals surface area contributed by atoms with Crippen LogP contribution in [0, 0.1) is 0 Å². The highest BCUT2D eigenvalue weighted by atomic mass is 35.5. The van der Waals surface area contributed by atoms with Gasteiger partial charge >= 0.3 is 0 Å². The number of rotatable bonds is 8. The first-order chi connectivity index (χ1) is 9.44. The van der Waals surface area contributed by atoms with Crippen LogP contribution in [0.15, 0.2) is 18.2 Å². The molecule has 0 radical (unpaired) electrons. The van der Waals surface area contributed by atoms with Crippen LogP contribution >= 0.6 is 23.2 Å². The number of halogens is 2. The zero-order valence-electron chi connectivity index (χ0n) is 12.6. The highest BCUT2D eigenvalue weighted by molar-refractivity contribution is 6.18. The molecule has 0 spiro atoms. The predicted octanol–water partition coefficient (Wildman–Crippen LogP) is 4.36. The SMILES string of the molecule is CCC(C)(C)c1ccc(O)c(CN(CCCl)CCCl)c1. The van der Waals surface area contributed by atoms with Crippen LogP contribution < -0.4 is 0 Å². The summed E-state index contributed by atoms with van der Waals surface area (Å²) < 4.78 is 0. The van der Waals surface area contributed by atoms with Crippen molar-refractivity contribution in [3.8, 4) is 5.75 Å². The lowest BCUT2D eigenvalue weighted by molar-refractivity contribution is 0.294. The van der Waals surface area contributed by atoms with Crippen LogP contribution in [-0.4, -0.2) is 34.9 Å². The summed E-state index contributed by atoms with van der Waals surface area (Å²) in [4.78, 5) is 2.16. The van der Waals surface area contributed by atoms with Crippen LogP contribution in [0.4, 0.5) is 0 Å². The van der Waals surface area contributed by atoms with Crippen LogP contribution in [0.3, 0.4) is 0 Å². The van der Waals surface area contributed by atoms with Gasteiger partial charge in [-0.1, -0.05) is 32.9 Å². The van der Waals surface area contributed by atoms with Gasteiger partial charge in [-0.3, -0.25) is 4.90 Å². The van der Waals surface area contributed by atoms with E-state index in [1.807, 2.05) is 6.07 Å². The second-order valence-electron chi connectivity index (χ2n) is 5.74. The Morgan fingerprint density at radius 3 is 2.25 bits per heavy atom. The first-order valence-corrected chi connectivity index (χ1v) is 8.18. The fourth-order valence-corrected chi connectivity index (χ4v) is 2.57. The zero-order valence-corrected chi connectivity index (χ0v) is 14.1. The quantitative estimate of drug-likeness (QED) is 0.720. The largest absolute Gasteiger partial charge is 0.508 e. The van der Waals surface area contributed by atoms with Gasteiger partial charge in [-0.05, 0) is 23.5 Å². The van der Waals surface area contributed by atoms with Gasteiger partial charge in [-0.15, -0.1) is 23.2 Å². The van der Waals surface area contributed by atoms with Crippen molar-refractivity contribution in [3.05, 3.63) is 29.3 Å². The lowest BCUT2D eigenvalue weighted by Gasteiger charge is -2.26. The van der Waals surface area contributed by atoms with Crippen molar-refractivity contribution < 1.29 is 5.11 Å². The minimum atomic E-state index is 0.117. The van der Waals surface area contributed by atoms with E-state index in [0.29, 0.717) is 24.1 Å². The minimum absolute atomic E-state index is 0.117. The van der Waals surface area contributed by atoms with Crippen LogP contribution in [-0.2, 0) is 12.0 Å². The van der Waals surface area contributed by atoms with Gasteiger partial charge in [0.15, 0.2) is 0 Å². The molecule has 2 nitrogen and oxygen atoms in total. The summed E-state index contributed by atoms with van der Waals surface area (Å²) in [6, 6.07) is 5.91.